The Kier molecular flexibility index (Phi) is 7.63. The van der Waals surface area contributed by atoms with E-state index in [1.807, 2.05) is 0 Å². The Bertz CT molecular complexity index is 137. The fraction of sp³-hybridized carbons (Fsp3) is 0.889. The van der Waals surface area contributed by atoms with Crippen LogP contribution in [-0.4, -0.2) is 44.5 Å². The van der Waals surface area contributed by atoms with Crippen molar-refractivity contribution in [3.63, 3.8) is 0 Å². The van der Waals surface area contributed by atoms with Crippen LogP contribution in [0.1, 0.15) is 19.3 Å². The van der Waals surface area contributed by atoms with Gasteiger partial charge in [-0.25, -0.2) is 0 Å². The molecule has 0 saturated heterocycles. The number of carbonyl (C=O) groups excluding carboxylic acids is 1. The molecule has 0 aliphatic rings. The zero-order valence-corrected chi connectivity index (χ0v) is 8.68. The maximum Gasteiger partial charge on any atom is 0.218 e. The van der Waals surface area contributed by atoms with Crippen molar-refractivity contribution in [2.75, 3.05) is 33.7 Å². The second-order valence-electron chi connectivity index (χ2n) is 3.48. The molecule has 0 rings (SSSR count). The molecule has 0 saturated carbocycles. The average molecular weight is 187 g/mol. The number of nitrogens with zero attached hydrogens (tertiary/aromatic N) is 1. The number of nitrogens with one attached hydrogen (secondary N) is 1. The highest BCUT2D eigenvalue weighted by atomic mass is 16.1. The maximum atomic E-state index is 10.4. The summed E-state index contributed by atoms with van der Waals surface area (Å²) in [5, 5.41) is 3.17. The largest absolute Gasteiger partial charge is 0.370 e. The number of nitrogens with two attached hydrogens (primary N) is 1. The Morgan fingerprint density at radius 1 is 1.31 bits per heavy atom. The molecule has 0 spiro atoms. The standard InChI is InChI=1S/C9H21N3O/c1-12(2)8-4-3-6-11-7-5-9(10)13/h11H,3-8H2,1-2H3,(H2,10,13). The fourth-order valence-corrected chi connectivity index (χ4v) is 1.01. The number of hydrogen-bond acceptors (Lipinski definition) is 3. The Hall–Kier alpha value is -0.610. The zero-order valence-electron chi connectivity index (χ0n) is 8.68. The van der Waals surface area contributed by atoms with Gasteiger partial charge in [0.2, 0.25) is 5.91 Å². The third kappa shape index (κ3) is 11.4. The first kappa shape index (κ1) is 12.4. The summed E-state index contributed by atoms with van der Waals surface area (Å²) in [4.78, 5) is 12.5. The number of primary amides is 1. The van der Waals surface area contributed by atoms with Gasteiger partial charge in [0.05, 0.1) is 0 Å². The summed E-state index contributed by atoms with van der Waals surface area (Å²) in [6.45, 7) is 2.80. The van der Waals surface area contributed by atoms with E-state index in [4.69, 9.17) is 5.73 Å². The second-order valence-corrected chi connectivity index (χ2v) is 3.48. The van der Waals surface area contributed by atoms with Crippen LogP contribution in [0.15, 0.2) is 0 Å². The van der Waals surface area contributed by atoms with Crippen LogP contribution < -0.4 is 11.1 Å². The average Bonchev–Trinajstić information content (AvgIpc) is 2.01. The molecule has 0 aliphatic heterocycles. The van der Waals surface area contributed by atoms with Crippen molar-refractivity contribution in [2.24, 2.45) is 5.73 Å². The molecule has 78 valence electrons. The van der Waals surface area contributed by atoms with Crippen LogP contribution in [-0.2, 0) is 4.79 Å². The monoisotopic (exact) mass is 187 g/mol. The van der Waals surface area contributed by atoms with Gasteiger partial charge in [0.25, 0.3) is 0 Å². The van der Waals surface area contributed by atoms with E-state index in [2.05, 4.69) is 24.3 Å². The van der Waals surface area contributed by atoms with Gasteiger partial charge >= 0.3 is 0 Å². The van der Waals surface area contributed by atoms with Crippen LogP contribution in [0.2, 0.25) is 0 Å². The van der Waals surface area contributed by atoms with Crippen molar-refractivity contribution in [2.45, 2.75) is 19.3 Å². The summed E-state index contributed by atoms with van der Waals surface area (Å²) in [5.74, 6) is -0.235. The number of hydrogen-bond donors (Lipinski definition) is 2. The van der Waals surface area contributed by atoms with Gasteiger partial charge in [-0.3, -0.25) is 4.79 Å². The highest BCUT2D eigenvalue weighted by Gasteiger charge is 1.93. The molecular formula is C9H21N3O. The highest BCUT2D eigenvalue weighted by molar-refractivity contribution is 5.73. The van der Waals surface area contributed by atoms with E-state index in [0.29, 0.717) is 13.0 Å². The first-order valence-electron chi connectivity index (χ1n) is 4.76. The van der Waals surface area contributed by atoms with E-state index < -0.39 is 0 Å². The molecule has 0 radical (unpaired) electrons. The summed E-state index contributed by atoms with van der Waals surface area (Å²) in [6.07, 6.45) is 2.78. The minimum atomic E-state index is -0.235. The van der Waals surface area contributed by atoms with Crippen molar-refractivity contribution in [1.29, 1.82) is 0 Å². The molecule has 13 heavy (non-hydrogen) atoms. The summed E-state index contributed by atoms with van der Waals surface area (Å²) in [5.41, 5.74) is 4.99. The molecule has 0 heterocycles. The molecule has 0 aromatic rings. The van der Waals surface area contributed by atoms with E-state index >= 15 is 0 Å². The molecule has 0 fully saturated rings. The van der Waals surface area contributed by atoms with Crippen LogP contribution in [0.3, 0.4) is 0 Å². The van der Waals surface area contributed by atoms with Gasteiger partial charge in [0, 0.05) is 13.0 Å². The molecule has 4 nitrogen and oxygen atoms in total. The zero-order chi connectivity index (χ0) is 10.1. The molecule has 0 aromatic heterocycles. The van der Waals surface area contributed by atoms with Crippen LogP contribution >= 0.6 is 0 Å². The molecule has 0 atom stereocenters. The number of unbranched alkanes of at least 4 members (excludes halogenated alkanes) is 1. The molecule has 0 unspecified atom stereocenters. The minimum absolute atomic E-state index is 0.235. The van der Waals surface area contributed by atoms with E-state index in [0.717, 1.165) is 19.5 Å². The molecule has 0 aromatic carbocycles. The minimum Gasteiger partial charge on any atom is -0.370 e. The number of amides is 1. The van der Waals surface area contributed by atoms with Gasteiger partial charge in [0.15, 0.2) is 0 Å². The Morgan fingerprint density at radius 3 is 2.54 bits per heavy atom. The van der Waals surface area contributed by atoms with Gasteiger partial charge in [-0.2, -0.15) is 0 Å². The highest BCUT2D eigenvalue weighted by Crippen LogP contribution is 1.88. The van der Waals surface area contributed by atoms with E-state index in [9.17, 15) is 4.79 Å². The first-order chi connectivity index (χ1) is 6.13. The lowest BCUT2D eigenvalue weighted by molar-refractivity contribution is -0.117. The van der Waals surface area contributed by atoms with Crippen LogP contribution in [0.5, 0.6) is 0 Å². The molecule has 0 bridgehead atoms. The van der Waals surface area contributed by atoms with Gasteiger partial charge in [0.1, 0.15) is 0 Å². The van der Waals surface area contributed by atoms with Crippen molar-refractivity contribution >= 4 is 5.91 Å². The predicted molar refractivity (Wildman–Crippen MR) is 54.5 cm³/mol. The molecule has 3 N–H and O–H groups in total. The van der Waals surface area contributed by atoms with Crippen LogP contribution in [0.25, 0.3) is 0 Å². The fourth-order valence-electron chi connectivity index (χ4n) is 1.01. The van der Waals surface area contributed by atoms with E-state index in [1.165, 1.54) is 6.42 Å². The summed E-state index contributed by atoms with van der Waals surface area (Å²) < 4.78 is 0. The number of carbonyl (C=O) groups is 1. The van der Waals surface area contributed by atoms with Crippen LogP contribution in [0.4, 0.5) is 0 Å². The van der Waals surface area contributed by atoms with Crippen molar-refractivity contribution in [3.05, 3.63) is 0 Å². The molecular weight excluding hydrogens is 166 g/mol. The van der Waals surface area contributed by atoms with Crippen molar-refractivity contribution < 1.29 is 4.79 Å². The lowest BCUT2D eigenvalue weighted by Crippen LogP contribution is -2.23. The normalized spacial score (nSPS) is 10.7. The molecule has 0 aliphatic carbocycles. The number of rotatable bonds is 8. The topological polar surface area (TPSA) is 58.4 Å². The maximum absolute atomic E-state index is 10.4. The smallest absolute Gasteiger partial charge is 0.218 e. The summed E-state index contributed by atoms with van der Waals surface area (Å²) in [7, 11) is 4.14. The molecule has 4 heteroatoms. The predicted octanol–water partition coefficient (Wildman–Crippen LogP) is -0.207. The van der Waals surface area contributed by atoms with Gasteiger partial charge in [-0.05, 0) is 40.0 Å². The van der Waals surface area contributed by atoms with E-state index in [1.54, 1.807) is 0 Å². The Labute approximate surface area is 80.5 Å². The summed E-state index contributed by atoms with van der Waals surface area (Å²) in [6, 6.07) is 0. The third-order valence-corrected chi connectivity index (χ3v) is 1.76. The third-order valence-electron chi connectivity index (χ3n) is 1.76. The Balaban J connectivity index is 2.96. The van der Waals surface area contributed by atoms with Gasteiger partial charge in [-0.1, -0.05) is 0 Å². The van der Waals surface area contributed by atoms with E-state index in [-0.39, 0.29) is 5.91 Å². The quantitative estimate of drug-likeness (QED) is 0.517. The van der Waals surface area contributed by atoms with Gasteiger partial charge in [-0.15, -0.1) is 0 Å². The Morgan fingerprint density at radius 2 is 2.00 bits per heavy atom. The molecule has 1 amide bonds. The lowest BCUT2D eigenvalue weighted by Gasteiger charge is -2.08. The first-order valence-corrected chi connectivity index (χ1v) is 4.76. The second kappa shape index (κ2) is 8.01. The lowest BCUT2D eigenvalue weighted by atomic mass is 10.3. The SMILES string of the molecule is CN(C)CCCCNCCC(N)=O. The van der Waals surface area contributed by atoms with Gasteiger partial charge < -0.3 is 16.0 Å². The van der Waals surface area contributed by atoms with Crippen molar-refractivity contribution in [1.82, 2.24) is 10.2 Å². The van der Waals surface area contributed by atoms with Crippen LogP contribution in [0, 0.1) is 0 Å². The van der Waals surface area contributed by atoms with Crippen molar-refractivity contribution in [3.8, 4) is 0 Å². The summed E-state index contributed by atoms with van der Waals surface area (Å²) >= 11 is 0.